The van der Waals surface area contributed by atoms with Gasteiger partial charge in [-0.1, -0.05) is 126 Å². The maximum Gasteiger partial charge on any atom is 0.238 e. The van der Waals surface area contributed by atoms with Crippen molar-refractivity contribution in [3.8, 4) is 45.4 Å². The fourth-order valence-corrected chi connectivity index (χ4v) is 21.5. The van der Waals surface area contributed by atoms with Crippen LogP contribution in [-0.4, -0.2) is 83.8 Å². The molecule has 3 aliphatic carbocycles. The Hall–Kier alpha value is -4.03. The number of aliphatic hydroxyl groups is 4. The molecule has 0 spiro atoms. The van der Waals surface area contributed by atoms with Crippen LogP contribution < -0.4 is 15.5 Å². The largest absolute Gasteiger partial charge is 0.507 e. The van der Waals surface area contributed by atoms with Gasteiger partial charge in [-0.15, -0.1) is 0 Å². The lowest BCUT2D eigenvalue weighted by atomic mass is 9.65. The summed E-state index contributed by atoms with van der Waals surface area (Å²) in [5.74, 6) is 0.644. The van der Waals surface area contributed by atoms with Gasteiger partial charge in [-0.05, 0) is 174 Å². The number of rotatable bonds is 9. The fourth-order valence-electron chi connectivity index (χ4n) is 15.5. The minimum absolute atomic E-state index is 0.00166. The van der Waals surface area contributed by atoms with E-state index < -0.39 is 41.0 Å². The number of nitrogens with one attached hydrogen (secondary N) is 1. The predicted octanol–water partition coefficient (Wildman–Crippen LogP) is 13.8. The summed E-state index contributed by atoms with van der Waals surface area (Å²) in [7, 11) is 6.92. The number of phenolic OH excluding ortho intramolecular Hbond substituents is 2. The van der Waals surface area contributed by atoms with Crippen LogP contribution in [-0.2, 0) is 25.0 Å². The Morgan fingerprint density at radius 1 is 0.864 bits per heavy atom. The summed E-state index contributed by atoms with van der Waals surface area (Å²) in [5.41, 5.74) is 8.30. The zero-order valence-electron chi connectivity index (χ0n) is 46.7. The van der Waals surface area contributed by atoms with Crippen molar-refractivity contribution < 1.29 is 44.9 Å². The number of aromatic hydroxyl groups is 3. The van der Waals surface area contributed by atoms with Crippen molar-refractivity contribution in [2.75, 3.05) is 18.9 Å². The topological polar surface area (TPSA) is 193 Å². The Morgan fingerprint density at radius 2 is 1.70 bits per heavy atom. The first-order valence-electron chi connectivity index (χ1n) is 30.0. The van der Waals surface area contributed by atoms with E-state index in [-0.39, 0.29) is 86.9 Å². The molecular weight excluding hydrogens is 1090 g/mol. The van der Waals surface area contributed by atoms with E-state index in [4.69, 9.17) is 9.15 Å². The van der Waals surface area contributed by atoms with Crippen molar-refractivity contribution in [1.82, 2.24) is 5.32 Å². The Labute approximate surface area is 490 Å². The number of fused-ring (bicyclic) bond motifs is 12. The number of ether oxygens (including phenoxy) is 1. The molecule has 430 valence electrons. The minimum atomic E-state index is -1.00. The average Bonchev–Trinajstić information content (AvgIpc) is 3.66. The molecule has 4 aliphatic heterocycles. The van der Waals surface area contributed by atoms with E-state index in [1.54, 1.807) is 32.4 Å². The van der Waals surface area contributed by atoms with Crippen LogP contribution in [0, 0.1) is 17.8 Å². The van der Waals surface area contributed by atoms with Crippen LogP contribution in [0.1, 0.15) is 177 Å². The van der Waals surface area contributed by atoms with Crippen molar-refractivity contribution >= 4 is 64.9 Å². The summed E-state index contributed by atoms with van der Waals surface area (Å²) in [5, 5.41) is 91.8. The van der Waals surface area contributed by atoms with Gasteiger partial charge in [-0.3, -0.25) is 4.79 Å². The second-order valence-electron chi connectivity index (χ2n) is 25.2. The van der Waals surface area contributed by atoms with E-state index in [9.17, 15) is 35.7 Å². The molecular formula is C66H77NO10S4. The van der Waals surface area contributed by atoms with Crippen molar-refractivity contribution in [3.63, 3.8) is 0 Å². The average molecular weight is 1170 g/mol. The van der Waals surface area contributed by atoms with Gasteiger partial charge in [0.1, 0.15) is 34.3 Å². The SMILES string of the molecule is CCC1CNC2c3cccc(c3)Cc3c(O)c(CC(C)C)cc(-c4oc5cc(O)c6c(c5c(=O)c4O)OC4CC5c7c-6cc6c8c(ccc(c78)C(SSCCCC4O)C5O)CC(CCC4(O)CCCCC4)C6CCO)c3CSSC2C1. The third kappa shape index (κ3) is 10.1. The van der Waals surface area contributed by atoms with Gasteiger partial charge in [-0.25, -0.2) is 0 Å². The molecule has 81 heavy (non-hydrogen) atoms. The molecule has 8 N–H and O–H groups in total. The molecule has 10 atom stereocenters. The molecule has 2 saturated heterocycles. The predicted molar refractivity (Wildman–Crippen MR) is 330 cm³/mol. The molecule has 13 rings (SSSR count). The highest BCUT2D eigenvalue weighted by Crippen LogP contribution is 2.62. The van der Waals surface area contributed by atoms with Crippen LogP contribution in [0.2, 0.25) is 0 Å². The van der Waals surface area contributed by atoms with Crippen LogP contribution in [0.15, 0.2) is 63.8 Å². The summed E-state index contributed by atoms with van der Waals surface area (Å²) < 4.78 is 14.0. The number of benzene rings is 5. The van der Waals surface area contributed by atoms with E-state index >= 15 is 4.79 Å². The Morgan fingerprint density at radius 3 is 2.51 bits per heavy atom. The molecule has 6 aromatic rings. The van der Waals surface area contributed by atoms with E-state index in [1.807, 2.05) is 16.9 Å². The van der Waals surface area contributed by atoms with Crippen LogP contribution in [0.5, 0.6) is 23.0 Å². The summed E-state index contributed by atoms with van der Waals surface area (Å²) in [4.78, 5) is 15.7. The molecule has 0 radical (unpaired) electrons. The van der Waals surface area contributed by atoms with Crippen molar-refractivity contribution in [3.05, 3.63) is 115 Å². The van der Waals surface area contributed by atoms with Gasteiger partial charge in [0, 0.05) is 58.9 Å². The van der Waals surface area contributed by atoms with Gasteiger partial charge < -0.3 is 50.2 Å². The molecule has 5 heterocycles. The number of phenols is 2. The number of piperidine rings is 1. The maximum absolute atomic E-state index is 15.7. The summed E-state index contributed by atoms with van der Waals surface area (Å²) >= 11 is 0. The fraction of sp³-hybridized carbons (Fsp3) is 0.530. The lowest BCUT2D eigenvalue weighted by Crippen LogP contribution is -2.40. The molecule has 7 aliphatic rings. The van der Waals surface area contributed by atoms with E-state index in [0.717, 1.165) is 109 Å². The lowest BCUT2D eigenvalue weighted by Gasteiger charge is -2.44. The minimum Gasteiger partial charge on any atom is -0.507 e. The van der Waals surface area contributed by atoms with Crippen molar-refractivity contribution in [2.24, 2.45) is 17.8 Å². The van der Waals surface area contributed by atoms with Crippen molar-refractivity contribution in [1.29, 1.82) is 0 Å². The Kier molecular flexibility index (Phi) is 15.8. The molecule has 0 amide bonds. The highest BCUT2D eigenvalue weighted by molar-refractivity contribution is 8.77. The number of hydrogen-bond donors (Lipinski definition) is 8. The molecule has 1 saturated carbocycles. The molecule has 1 aromatic heterocycles. The standard InChI is InChI=1S/C66H77NO10S4/c1-4-34-25-52-58(67-31-34)38-11-8-10-35(23-38)24-43-47(32-79-80-52)44(27-39(59(43)71)22-33(2)3)63-62(74)61(73)57-51(77-63)30-49(70)55-45-28-42-40(16-20-68)36(15-19-66(75)17-6-5-7-18-66)26-37-13-14-41-56(53(37)42)54(45)46-29-50(76-64(55)57)48(69)12-9-21-78-81-65(41)60(46)72/h8,10-11,13-14,23,27-28,30,33-34,36,40,46,48,50,52,58,60,65,67-72,74-75H,4-7,9,12,15-22,24-26,29,31-32H2,1-3H3. The Balaban J connectivity index is 1.02. The van der Waals surface area contributed by atoms with Crippen LogP contribution >= 0.6 is 43.2 Å². The summed E-state index contributed by atoms with van der Waals surface area (Å²) in [6.45, 7) is 7.35. The van der Waals surface area contributed by atoms with Gasteiger partial charge in [0.05, 0.1) is 28.6 Å². The highest BCUT2D eigenvalue weighted by Gasteiger charge is 2.47. The van der Waals surface area contributed by atoms with Gasteiger partial charge >= 0.3 is 0 Å². The molecule has 3 fully saturated rings. The summed E-state index contributed by atoms with van der Waals surface area (Å²) in [6.07, 6.45) is 9.04. The first-order chi connectivity index (χ1) is 39.2. The first-order valence-corrected chi connectivity index (χ1v) is 34.8. The van der Waals surface area contributed by atoms with Gasteiger partial charge in [0.25, 0.3) is 0 Å². The number of aliphatic hydroxyl groups excluding tert-OH is 3. The number of hydrogen-bond acceptors (Lipinski definition) is 15. The van der Waals surface area contributed by atoms with Gasteiger partial charge in [0.15, 0.2) is 5.76 Å². The molecule has 11 nitrogen and oxygen atoms in total. The quantitative estimate of drug-likeness (QED) is 0.0637. The van der Waals surface area contributed by atoms with Crippen LogP contribution in [0.25, 0.3) is 44.2 Å². The van der Waals surface area contributed by atoms with Crippen LogP contribution in [0.3, 0.4) is 0 Å². The van der Waals surface area contributed by atoms with Gasteiger partial charge in [0.2, 0.25) is 11.2 Å². The molecule has 5 bridgehead atoms. The highest BCUT2D eigenvalue weighted by atomic mass is 33.1. The third-order valence-corrected chi connectivity index (χ3v) is 25.3. The van der Waals surface area contributed by atoms with E-state index in [1.165, 1.54) is 17.2 Å². The first kappa shape index (κ1) is 56.1. The molecule has 5 aromatic carbocycles. The second-order valence-corrected chi connectivity index (χ2v) is 30.5. The molecule has 15 heteroatoms. The zero-order chi connectivity index (χ0) is 56.0. The smallest absolute Gasteiger partial charge is 0.238 e. The van der Waals surface area contributed by atoms with Crippen LogP contribution in [0.4, 0.5) is 0 Å². The molecule has 10 unspecified atom stereocenters. The van der Waals surface area contributed by atoms with E-state index in [0.29, 0.717) is 72.4 Å². The second kappa shape index (κ2) is 22.8. The van der Waals surface area contributed by atoms with E-state index in [2.05, 4.69) is 68.6 Å². The monoisotopic (exact) mass is 1170 g/mol. The third-order valence-electron chi connectivity index (χ3n) is 19.7. The lowest BCUT2D eigenvalue weighted by molar-refractivity contribution is -0.0101. The normalized spacial score (nSPS) is 27.8. The zero-order valence-corrected chi connectivity index (χ0v) is 49.9. The summed E-state index contributed by atoms with van der Waals surface area (Å²) in [6, 6.07) is 18.6. The maximum atomic E-state index is 15.7. The van der Waals surface area contributed by atoms with Gasteiger partial charge in [-0.2, -0.15) is 0 Å². The Bertz CT molecular complexity index is 3470. The van der Waals surface area contributed by atoms with Crippen molar-refractivity contribution in [2.45, 2.75) is 182 Å².